The van der Waals surface area contributed by atoms with Gasteiger partial charge in [0.15, 0.2) is 0 Å². The Labute approximate surface area is 93.1 Å². The van der Waals surface area contributed by atoms with Crippen molar-refractivity contribution >= 4 is 11.0 Å². The van der Waals surface area contributed by atoms with Gasteiger partial charge >= 0.3 is 0 Å². The first kappa shape index (κ1) is 10.5. The number of nitriles is 1. The van der Waals surface area contributed by atoms with Crippen LogP contribution in [0.1, 0.15) is 11.3 Å². The van der Waals surface area contributed by atoms with Crippen LogP contribution in [0.2, 0.25) is 0 Å². The van der Waals surface area contributed by atoms with Crippen LogP contribution in [0.5, 0.6) is 5.88 Å². The van der Waals surface area contributed by atoms with E-state index >= 15 is 0 Å². The fraction of sp³-hybridized carbons (Fsp3) is 0.273. The van der Waals surface area contributed by atoms with Gasteiger partial charge in [-0.25, -0.2) is 4.98 Å². The van der Waals surface area contributed by atoms with Gasteiger partial charge in [0.1, 0.15) is 17.1 Å². The predicted molar refractivity (Wildman–Crippen MR) is 59.9 cm³/mol. The van der Waals surface area contributed by atoms with Gasteiger partial charge in [0.2, 0.25) is 5.88 Å². The van der Waals surface area contributed by atoms with Crippen molar-refractivity contribution in [2.75, 3.05) is 7.11 Å². The van der Waals surface area contributed by atoms with Crippen molar-refractivity contribution < 1.29 is 4.74 Å². The Kier molecular flexibility index (Phi) is 2.50. The molecule has 0 spiro atoms. The third kappa shape index (κ3) is 1.32. The SMILES string of the molecule is COc1ccc2c(n1)c(C#N)c(CN)n2C. The quantitative estimate of drug-likeness (QED) is 0.809. The first-order valence-electron chi connectivity index (χ1n) is 4.85. The van der Waals surface area contributed by atoms with Gasteiger partial charge in [-0.1, -0.05) is 0 Å². The van der Waals surface area contributed by atoms with Gasteiger partial charge < -0.3 is 15.0 Å². The number of hydrogen-bond acceptors (Lipinski definition) is 4. The van der Waals surface area contributed by atoms with E-state index in [0.29, 0.717) is 23.5 Å². The van der Waals surface area contributed by atoms with Gasteiger partial charge in [-0.2, -0.15) is 5.26 Å². The van der Waals surface area contributed by atoms with Crippen molar-refractivity contribution in [3.63, 3.8) is 0 Å². The molecule has 0 radical (unpaired) electrons. The van der Waals surface area contributed by atoms with Gasteiger partial charge in [0.05, 0.1) is 18.3 Å². The van der Waals surface area contributed by atoms with E-state index in [1.807, 2.05) is 17.7 Å². The molecule has 0 aliphatic rings. The zero-order valence-electron chi connectivity index (χ0n) is 9.19. The highest BCUT2D eigenvalue weighted by atomic mass is 16.5. The van der Waals surface area contributed by atoms with Crippen LogP contribution in [0.3, 0.4) is 0 Å². The summed E-state index contributed by atoms with van der Waals surface area (Å²) in [7, 11) is 3.42. The molecule has 0 unspecified atom stereocenters. The lowest BCUT2D eigenvalue weighted by Gasteiger charge is -2.00. The second-order valence-electron chi connectivity index (χ2n) is 3.42. The topological polar surface area (TPSA) is 76.9 Å². The zero-order valence-corrected chi connectivity index (χ0v) is 9.19. The Bertz CT molecular complexity index is 580. The minimum absolute atomic E-state index is 0.318. The average molecular weight is 216 g/mol. The third-order valence-electron chi connectivity index (χ3n) is 2.65. The summed E-state index contributed by atoms with van der Waals surface area (Å²) in [6.07, 6.45) is 0. The van der Waals surface area contributed by atoms with Gasteiger partial charge in [0.25, 0.3) is 0 Å². The molecule has 2 aromatic rings. The van der Waals surface area contributed by atoms with Crippen LogP contribution in [0.4, 0.5) is 0 Å². The first-order chi connectivity index (χ1) is 7.72. The number of ether oxygens (including phenoxy) is 1. The van der Waals surface area contributed by atoms with E-state index in [9.17, 15) is 0 Å². The summed E-state index contributed by atoms with van der Waals surface area (Å²) >= 11 is 0. The lowest BCUT2D eigenvalue weighted by molar-refractivity contribution is 0.399. The standard InChI is InChI=1S/C11H12N4O/c1-15-8-3-4-10(16-2)14-11(8)7(5-12)9(15)6-13/h3-4H,6,13H2,1-2H3. The van der Waals surface area contributed by atoms with Crippen molar-refractivity contribution in [2.45, 2.75) is 6.54 Å². The molecule has 5 heteroatoms. The molecule has 2 aromatic heterocycles. The number of nitrogens with two attached hydrogens (primary N) is 1. The maximum absolute atomic E-state index is 9.12. The maximum Gasteiger partial charge on any atom is 0.213 e. The third-order valence-corrected chi connectivity index (χ3v) is 2.65. The van der Waals surface area contributed by atoms with Crippen molar-refractivity contribution in [1.82, 2.24) is 9.55 Å². The molecule has 0 atom stereocenters. The fourth-order valence-corrected chi connectivity index (χ4v) is 1.81. The molecular weight excluding hydrogens is 204 g/mol. The minimum atomic E-state index is 0.318. The van der Waals surface area contributed by atoms with Gasteiger partial charge in [-0.05, 0) is 6.07 Å². The monoisotopic (exact) mass is 216 g/mol. The number of pyridine rings is 1. The molecule has 0 saturated carbocycles. The van der Waals surface area contributed by atoms with Crippen LogP contribution in [0.15, 0.2) is 12.1 Å². The number of aryl methyl sites for hydroxylation is 1. The molecule has 5 nitrogen and oxygen atoms in total. The van der Waals surface area contributed by atoms with E-state index < -0.39 is 0 Å². The molecule has 0 aromatic carbocycles. The van der Waals surface area contributed by atoms with Crippen LogP contribution < -0.4 is 10.5 Å². The minimum Gasteiger partial charge on any atom is -0.481 e. The summed E-state index contributed by atoms with van der Waals surface area (Å²) in [6.45, 7) is 0.318. The van der Waals surface area contributed by atoms with Gasteiger partial charge in [-0.15, -0.1) is 0 Å². The molecule has 2 rings (SSSR count). The molecule has 0 bridgehead atoms. The van der Waals surface area contributed by atoms with Crippen LogP contribution in [-0.4, -0.2) is 16.7 Å². The zero-order chi connectivity index (χ0) is 11.7. The highest BCUT2D eigenvalue weighted by molar-refractivity contribution is 5.84. The normalized spacial score (nSPS) is 10.4. The summed E-state index contributed by atoms with van der Waals surface area (Å²) in [4.78, 5) is 4.27. The Balaban J connectivity index is 2.85. The summed E-state index contributed by atoms with van der Waals surface area (Å²) in [6, 6.07) is 5.79. The summed E-state index contributed by atoms with van der Waals surface area (Å²) < 4.78 is 6.93. The Morgan fingerprint density at radius 1 is 1.56 bits per heavy atom. The molecule has 0 saturated heterocycles. The fourth-order valence-electron chi connectivity index (χ4n) is 1.81. The molecular formula is C11H12N4O. The first-order valence-corrected chi connectivity index (χ1v) is 4.85. The second kappa shape index (κ2) is 3.83. The molecule has 2 N–H and O–H groups in total. The highest BCUT2D eigenvalue weighted by Crippen LogP contribution is 2.24. The highest BCUT2D eigenvalue weighted by Gasteiger charge is 2.15. The van der Waals surface area contributed by atoms with Crippen LogP contribution in [0, 0.1) is 11.3 Å². The van der Waals surface area contributed by atoms with Crippen LogP contribution >= 0.6 is 0 Å². The van der Waals surface area contributed by atoms with E-state index in [1.54, 1.807) is 13.2 Å². The predicted octanol–water partition coefficient (Wildman–Crippen LogP) is 0.912. The van der Waals surface area contributed by atoms with E-state index in [1.165, 1.54) is 0 Å². The molecule has 0 amide bonds. The van der Waals surface area contributed by atoms with Gasteiger partial charge in [0, 0.05) is 19.7 Å². The van der Waals surface area contributed by atoms with E-state index in [4.69, 9.17) is 15.7 Å². The number of rotatable bonds is 2. The number of methoxy groups -OCH3 is 1. The Morgan fingerprint density at radius 3 is 2.88 bits per heavy atom. The van der Waals surface area contributed by atoms with E-state index in [0.717, 1.165) is 11.2 Å². The van der Waals surface area contributed by atoms with Crippen molar-refractivity contribution in [3.8, 4) is 11.9 Å². The summed E-state index contributed by atoms with van der Waals surface area (Å²) in [5.41, 5.74) is 8.48. The van der Waals surface area contributed by atoms with Crippen molar-refractivity contribution in [3.05, 3.63) is 23.4 Å². The molecule has 0 fully saturated rings. The maximum atomic E-state index is 9.12. The molecule has 0 aliphatic carbocycles. The lowest BCUT2D eigenvalue weighted by Crippen LogP contribution is -2.04. The van der Waals surface area contributed by atoms with Crippen molar-refractivity contribution in [1.29, 1.82) is 5.26 Å². The largest absolute Gasteiger partial charge is 0.481 e. The molecule has 82 valence electrons. The number of aromatic nitrogens is 2. The summed E-state index contributed by atoms with van der Waals surface area (Å²) in [5, 5.41) is 9.12. The molecule has 0 aliphatic heterocycles. The Morgan fingerprint density at radius 2 is 2.31 bits per heavy atom. The summed E-state index contributed by atoms with van der Waals surface area (Å²) in [5.74, 6) is 0.498. The number of hydrogen-bond donors (Lipinski definition) is 1. The number of nitrogens with zero attached hydrogens (tertiary/aromatic N) is 3. The second-order valence-corrected chi connectivity index (χ2v) is 3.42. The number of fused-ring (bicyclic) bond motifs is 1. The molecule has 2 heterocycles. The van der Waals surface area contributed by atoms with Gasteiger partial charge in [-0.3, -0.25) is 0 Å². The average Bonchev–Trinajstić information content (AvgIpc) is 2.60. The van der Waals surface area contributed by atoms with Crippen LogP contribution in [0.25, 0.3) is 11.0 Å². The van der Waals surface area contributed by atoms with E-state index in [-0.39, 0.29) is 0 Å². The molecule has 16 heavy (non-hydrogen) atoms. The Hall–Kier alpha value is -2.06. The van der Waals surface area contributed by atoms with E-state index in [2.05, 4.69) is 11.1 Å². The lowest BCUT2D eigenvalue weighted by atomic mass is 10.2. The smallest absolute Gasteiger partial charge is 0.213 e. The van der Waals surface area contributed by atoms with Crippen LogP contribution in [-0.2, 0) is 13.6 Å². The van der Waals surface area contributed by atoms with Crippen molar-refractivity contribution in [2.24, 2.45) is 12.8 Å².